The summed E-state index contributed by atoms with van der Waals surface area (Å²) in [4.78, 5) is 11.9. The van der Waals surface area contributed by atoms with Crippen LogP contribution >= 0.6 is 15.9 Å². The van der Waals surface area contributed by atoms with Gasteiger partial charge in [0.2, 0.25) is 0 Å². The predicted molar refractivity (Wildman–Crippen MR) is 77.5 cm³/mol. The van der Waals surface area contributed by atoms with E-state index in [1.807, 2.05) is 0 Å². The fourth-order valence-corrected chi connectivity index (χ4v) is 3.17. The predicted octanol–water partition coefficient (Wildman–Crippen LogP) is 4.28. The fraction of sp³-hybridized carbons (Fsp3) is 0.533. The molecule has 5 heteroatoms. The van der Waals surface area contributed by atoms with E-state index >= 15 is 0 Å². The first kappa shape index (κ1) is 15.4. The van der Waals surface area contributed by atoms with Crippen molar-refractivity contribution in [1.29, 1.82) is 0 Å². The summed E-state index contributed by atoms with van der Waals surface area (Å²) >= 11 is 2.99. The van der Waals surface area contributed by atoms with Crippen LogP contribution in [0.15, 0.2) is 16.6 Å². The summed E-state index contributed by atoms with van der Waals surface area (Å²) in [6.07, 6.45) is 4.60. The summed E-state index contributed by atoms with van der Waals surface area (Å²) < 4.78 is 27.6. The van der Waals surface area contributed by atoms with Crippen molar-refractivity contribution in [3.05, 3.63) is 33.8 Å². The number of rotatable bonds is 3. The van der Waals surface area contributed by atoms with Crippen LogP contribution in [0, 0.1) is 23.5 Å². The molecule has 1 aliphatic carbocycles. The van der Waals surface area contributed by atoms with Crippen LogP contribution in [0.3, 0.4) is 0 Å². The average molecular weight is 346 g/mol. The van der Waals surface area contributed by atoms with Crippen LogP contribution in [0.4, 0.5) is 8.78 Å². The van der Waals surface area contributed by atoms with Gasteiger partial charge in [-0.15, -0.1) is 0 Å². The van der Waals surface area contributed by atoms with Crippen LogP contribution in [0.25, 0.3) is 0 Å². The van der Waals surface area contributed by atoms with Gasteiger partial charge in [0.25, 0.3) is 5.91 Å². The minimum atomic E-state index is -0.842. The molecule has 1 N–H and O–H groups in total. The first-order valence-corrected chi connectivity index (χ1v) is 7.71. The Morgan fingerprint density at radius 1 is 1.30 bits per heavy atom. The van der Waals surface area contributed by atoms with Gasteiger partial charge in [-0.2, -0.15) is 0 Å². The number of hydrogen-bond donors (Lipinski definition) is 1. The number of amides is 1. The van der Waals surface area contributed by atoms with Crippen molar-refractivity contribution in [3.63, 3.8) is 0 Å². The molecule has 2 nitrogen and oxygen atoms in total. The van der Waals surface area contributed by atoms with Gasteiger partial charge in [-0.05, 0) is 30.4 Å². The van der Waals surface area contributed by atoms with E-state index in [9.17, 15) is 13.6 Å². The second-order valence-corrected chi connectivity index (χ2v) is 6.39. The van der Waals surface area contributed by atoms with Crippen LogP contribution in [0.2, 0.25) is 0 Å². The highest BCUT2D eigenvalue weighted by Gasteiger charge is 2.23. The fourth-order valence-electron chi connectivity index (χ4n) is 2.77. The molecule has 1 aliphatic rings. The summed E-state index contributed by atoms with van der Waals surface area (Å²) in [6, 6.07) is 2.20. The van der Waals surface area contributed by atoms with Crippen LogP contribution in [-0.2, 0) is 0 Å². The standard InChI is InChI=1S/C15H18BrF2NO/c1-9-4-2-3-5-10(9)8-19-15(20)14-12(17)6-11(16)7-13(14)18/h6-7,9-10H,2-5,8H2,1H3,(H,19,20). The molecule has 0 aliphatic heterocycles. The Morgan fingerprint density at radius 2 is 1.90 bits per heavy atom. The molecule has 0 bridgehead atoms. The molecule has 0 aromatic heterocycles. The van der Waals surface area contributed by atoms with E-state index in [1.165, 1.54) is 6.42 Å². The second kappa shape index (κ2) is 6.66. The van der Waals surface area contributed by atoms with E-state index in [-0.39, 0.29) is 4.47 Å². The topological polar surface area (TPSA) is 29.1 Å². The van der Waals surface area contributed by atoms with Crippen LogP contribution < -0.4 is 5.32 Å². The molecule has 2 rings (SSSR count). The van der Waals surface area contributed by atoms with Gasteiger partial charge in [0, 0.05) is 11.0 Å². The van der Waals surface area contributed by atoms with Crippen LogP contribution in [0.1, 0.15) is 43.0 Å². The normalized spacial score (nSPS) is 22.6. The zero-order valence-electron chi connectivity index (χ0n) is 11.4. The summed E-state index contributed by atoms with van der Waals surface area (Å²) in [6.45, 7) is 2.64. The lowest BCUT2D eigenvalue weighted by Crippen LogP contribution is -2.34. The van der Waals surface area contributed by atoms with Crippen molar-refractivity contribution >= 4 is 21.8 Å². The van der Waals surface area contributed by atoms with Crippen molar-refractivity contribution < 1.29 is 13.6 Å². The largest absolute Gasteiger partial charge is 0.352 e. The van der Waals surface area contributed by atoms with Crippen molar-refractivity contribution in [2.75, 3.05) is 6.54 Å². The monoisotopic (exact) mass is 345 g/mol. The maximum absolute atomic E-state index is 13.7. The Bertz CT molecular complexity index is 484. The van der Waals surface area contributed by atoms with E-state index < -0.39 is 23.1 Å². The van der Waals surface area contributed by atoms with Crippen molar-refractivity contribution in [1.82, 2.24) is 5.32 Å². The van der Waals surface area contributed by atoms with Crippen molar-refractivity contribution in [2.45, 2.75) is 32.6 Å². The van der Waals surface area contributed by atoms with Gasteiger partial charge >= 0.3 is 0 Å². The molecule has 2 unspecified atom stereocenters. The van der Waals surface area contributed by atoms with Crippen molar-refractivity contribution in [3.8, 4) is 0 Å². The average Bonchev–Trinajstić information content (AvgIpc) is 2.36. The third-order valence-electron chi connectivity index (χ3n) is 4.05. The summed E-state index contributed by atoms with van der Waals surface area (Å²) in [5, 5.41) is 2.67. The molecule has 0 saturated heterocycles. The highest BCUT2D eigenvalue weighted by atomic mass is 79.9. The lowest BCUT2D eigenvalue weighted by atomic mass is 9.80. The van der Waals surface area contributed by atoms with Gasteiger partial charge in [0.1, 0.15) is 17.2 Å². The zero-order chi connectivity index (χ0) is 14.7. The summed E-state index contributed by atoms with van der Waals surface area (Å²) in [5.41, 5.74) is -0.503. The minimum absolute atomic E-state index is 0.282. The number of benzene rings is 1. The van der Waals surface area contributed by atoms with Crippen molar-refractivity contribution in [2.24, 2.45) is 11.8 Å². The minimum Gasteiger partial charge on any atom is -0.352 e. The molecule has 0 heterocycles. The van der Waals surface area contributed by atoms with Gasteiger partial charge in [-0.3, -0.25) is 4.79 Å². The quantitative estimate of drug-likeness (QED) is 0.870. The van der Waals surface area contributed by atoms with E-state index in [1.54, 1.807) is 0 Å². The maximum Gasteiger partial charge on any atom is 0.257 e. The first-order chi connectivity index (χ1) is 9.49. The molecule has 110 valence electrons. The highest BCUT2D eigenvalue weighted by molar-refractivity contribution is 9.10. The Hall–Kier alpha value is -0.970. The molecule has 1 aromatic rings. The maximum atomic E-state index is 13.7. The van der Waals surface area contributed by atoms with Crippen LogP contribution in [0.5, 0.6) is 0 Å². The molecular weight excluding hydrogens is 328 g/mol. The molecule has 0 radical (unpaired) electrons. The van der Waals surface area contributed by atoms with E-state index in [2.05, 4.69) is 28.2 Å². The molecule has 20 heavy (non-hydrogen) atoms. The number of carbonyl (C=O) groups excluding carboxylic acids is 1. The summed E-state index contributed by atoms with van der Waals surface area (Å²) in [5.74, 6) is -1.42. The molecule has 1 aromatic carbocycles. The number of halogens is 3. The lowest BCUT2D eigenvalue weighted by Gasteiger charge is -2.28. The number of nitrogens with one attached hydrogen (secondary N) is 1. The number of hydrogen-bond acceptors (Lipinski definition) is 1. The molecule has 2 atom stereocenters. The Labute approximate surface area is 126 Å². The van der Waals surface area contributed by atoms with E-state index in [0.717, 1.165) is 31.4 Å². The molecule has 1 fully saturated rings. The Balaban J connectivity index is 2.02. The SMILES string of the molecule is CC1CCCCC1CNC(=O)c1c(F)cc(Br)cc1F. The number of carbonyl (C=O) groups is 1. The van der Waals surface area contributed by atoms with E-state index in [0.29, 0.717) is 18.4 Å². The molecule has 1 saturated carbocycles. The van der Waals surface area contributed by atoms with Gasteiger partial charge in [-0.25, -0.2) is 8.78 Å². The molecule has 1 amide bonds. The third kappa shape index (κ3) is 3.57. The van der Waals surface area contributed by atoms with Gasteiger partial charge in [0.15, 0.2) is 0 Å². The zero-order valence-corrected chi connectivity index (χ0v) is 13.0. The van der Waals surface area contributed by atoms with Gasteiger partial charge < -0.3 is 5.32 Å². The van der Waals surface area contributed by atoms with E-state index in [4.69, 9.17) is 0 Å². The Kier molecular flexibility index (Phi) is 5.13. The van der Waals surface area contributed by atoms with Gasteiger partial charge in [-0.1, -0.05) is 42.1 Å². The lowest BCUT2D eigenvalue weighted by molar-refractivity contribution is 0.0928. The third-order valence-corrected chi connectivity index (χ3v) is 4.51. The molecule has 0 spiro atoms. The van der Waals surface area contributed by atoms with Crippen LogP contribution in [-0.4, -0.2) is 12.5 Å². The smallest absolute Gasteiger partial charge is 0.257 e. The first-order valence-electron chi connectivity index (χ1n) is 6.91. The second-order valence-electron chi connectivity index (χ2n) is 5.48. The Morgan fingerprint density at radius 3 is 2.50 bits per heavy atom. The molecular formula is C15H18BrF2NO. The summed E-state index contributed by atoms with van der Waals surface area (Å²) in [7, 11) is 0. The highest BCUT2D eigenvalue weighted by Crippen LogP contribution is 2.29. The van der Waals surface area contributed by atoms with Gasteiger partial charge in [0.05, 0.1) is 0 Å².